The summed E-state index contributed by atoms with van der Waals surface area (Å²) in [4.78, 5) is 34.9. The number of aliphatic carboxylic acids is 1. The summed E-state index contributed by atoms with van der Waals surface area (Å²) in [5, 5.41) is 18.5. The number of nitrogens with zero attached hydrogens (tertiary/aromatic N) is 1. The van der Waals surface area contributed by atoms with E-state index >= 15 is 0 Å². The molecular formula is C9H13N4O4-. The number of amides is 4. The molecule has 0 bridgehead atoms. The second-order valence-electron chi connectivity index (χ2n) is 4.02. The van der Waals surface area contributed by atoms with Gasteiger partial charge in [-0.15, -0.1) is 0 Å². The Balaban J connectivity index is 2.20. The van der Waals surface area contributed by atoms with Crippen LogP contribution in [-0.2, 0) is 4.79 Å². The Kier molecular flexibility index (Phi) is 2.78. The van der Waals surface area contributed by atoms with Crippen LogP contribution < -0.4 is 21.1 Å². The summed E-state index contributed by atoms with van der Waals surface area (Å²) in [6.07, 6.45) is -0.381. The first-order chi connectivity index (χ1) is 8.04. The summed E-state index contributed by atoms with van der Waals surface area (Å²) in [6.45, 7) is 1.81. The number of carboxylic acids is 1. The van der Waals surface area contributed by atoms with Gasteiger partial charge in [-0.25, -0.2) is 9.59 Å². The van der Waals surface area contributed by atoms with Crippen LogP contribution in [0.3, 0.4) is 0 Å². The highest BCUT2D eigenvalue weighted by molar-refractivity contribution is 5.88. The number of rotatable bonds is 4. The zero-order valence-corrected chi connectivity index (χ0v) is 9.23. The first-order valence-electron chi connectivity index (χ1n) is 5.41. The Morgan fingerprint density at radius 3 is 2.71 bits per heavy atom. The van der Waals surface area contributed by atoms with Gasteiger partial charge in [0.1, 0.15) is 12.3 Å². The average molecular weight is 241 g/mol. The summed E-state index contributed by atoms with van der Waals surface area (Å²) in [5.41, 5.74) is 0. The molecule has 0 saturated carbocycles. The molecule has 8 heteroatoms. The third-order valence-electron chi connectivity index (χ3n) is 2.86. The summed E-state index contributed by atoms with van der Waals surface area (Å²) in [7, 11) is 0. The van der Waals surface area contributed by atoms with E-state index in [0.29, 0.717) is 6.42 Å². The Morgan fingerprint density at radius 2 is 2.12 bits per heavy atom. The second kappa shape index (κ2) is 4.11. The van der Waals surface area contributed by atoms with Crippen molar-refractivity contribution in [3.8, 4) is 0 Å². The predicted molar refractivity (Wildman–Crippen MR) is 53.3 cm³/mol. The van der Waals surface area contributed by atoms with Crippen LogP contribution >= 0.6 is 0 Å². The van der Waals surface area contributed by atoms with E-state index in [1.807, 2.05) is 6.92 Å². The van der Waals surface area contributed by atoms with E-state index in [2.05, 4.69) is 16.0 Å². The molecule has 0 aliphatic carbocycles. The summed E-state index contributed by atoms with van der Waals surface area (Å²) in [6, 6.07) is -1.98. The van der Waals surface area contributed by atoms with Crippen LogP contribution in [0.1, 0.15) is 19.8 Å². The molecule has 2 saturated heterocycles. The maximum Gasteiger partial charge on any atom is 0.321 e. The van der Waals surface area contributed by atoms with Crippen molar-refractivity contribution < 1.29 is 19.5 Å². The number of carboxylic acid groups (broad SMARTS) is 1. The second-order valence-corrected chi connectivity index (χ2v) is 4.02. The molecule has 4 amide bonds. The van der Waals surface area contributed by atoms with E-state index in [1.165, 1.54) is 0 Å². The Bertz CT molecular complexity index is 372. The van der Waals surface area contributed by atoms with Gasteiger partial charge < -0.3 is 25.9 Å². The standard InChI is InChI=1S/C9H14N4O4/c1-2-3-4(7(14)15)13-6-5(11-9(13)17)10-8(16)12-6/h4-6H,2-3H2,1H3,(H,11,17)(H,14,15)(H2,10,12,16)/p-1/t4-,5+,6+/m1/s1. The maximum absolute atomic E-state index is 11.6. The number of hydrogen-bond acceptors (Lipinski definition) is 4. The fourth-order valence-electron chi connectivity index (χ4n) is 2.14. The van der Waals surface area contributed by atoms with Crippen molar-refractivity contribution in [2.24, 2.45) is 0 Å². The predicted octanol–water partition coefficient (Wildman–Crippen LogP) is -2.10. The molecule has 2 fully saturated rings. The molecule has 3 N–H and O–H groups in total. The number of urea groups is 2. The zero-order valence-electron chi connectivity index (χ0n) is 9.23. The molecule has 2 aliphatic heterocycles. The lowest BCUT2D eigenvalue weighted by Gasteiger charge is -2.31. The normalized spacial score (nSPS) is 28.2. The highest BCUT2D eigenvalue weighted by Crippen LogP contribution is 2.19. The summed E-state index contributed by atoms with van der Waals surface area (Å²) in [5.74, 6) is -1.32. The molecule has 2 heterocycles. The molecule has 0 aromatic rings. The molecule has 2 aliphatic rings. The van der Waals surface area contributed by atoms with Gasteiger partial charge in [0.05, 0.1) is 12.0 Å². The lowest BCUT2D eigenvalue weighted by molar-refractivity contribution is -0.311. The van der Waals surface area contributed by atoms with E-state index in [9.17, 15) is 19.5 Å². The fourth-order valence-corrected chi connectivity index (χ4v) is 2.14. The molecule has 0 aromatic carbocycles. The van der Waals surface area contributed by atoms with Crippen molar-refractivity contribution >= 4 is 18.0 Å². The molecule has 0 spiro atoms. The summed E-state index contributed by atoms with van der Waals surface area (Å²) < 4.78 is 0. The van der Waals surface area contributed by atoms with Crippen molar-refractivity contribution in [3.05, 3.63) is 0 Å². The first-order valence-corrected chi connectivity index (χ1v) is 5.41. The molecule has 0 radical (unpaired) electrons. The molecule has 2 rings (SSSR count). The van der Waals surface area contributed by atoms with Gasteiger partial charge in [-0.05, 0) is 6.42 Å². The van der Waals surface area contributed by atoms with Gasteiger partial charge in [-0.2, -0.15) is 0 Å². The summed E-state index contributed by atoms with van der Waals surface area (Å²) >= 11 is 0. The topological polar surface area (TPSA) is 114 Å². The highest BCUT2D eigenvalue weighted by atomic mass is 16.4. The van der Waals surface area contributed by atoms with Crippen LogP contribution in [0, 0.1) is 0 Å². The van der Waals surface area contributed by atoms with Crippen molar-refractivity contribution in [2.45, 2.75) is 38.1 Å². The van der Waals surface area contributed by atoms with Gasteiger partial charge in [0, 0.05) is 0 Å². The lowest BCUT2D eigenvalue weighted by atomic mass is 10.1. The van der Waals surface area contributed by atoms with Gasteiger partial charge in [-0.3, -0.25) is 4.90 Å². The smallest absolute Gasteiger partial charge is 0.321 e. The van der Waals surface area contributed by atoms with Gasteiger partial charge >= 0.3 is 12.1 Å². The fraction of sp³-hybridized carbons (Fsp3) is 0.667. The van der Waals surface area contributed by atoms with E-state index < -0.39 is 36.4 Å². The van der Waals surface area contributed by atoms with Crippen LogP contribution in [0.4, 0.5) is 9.59 Å². The molecule has 3 atom stereocenters. The van der Waals surface area contributed by atoms with Crippen LogP contribution in [0.5, 0.6) is 0 Å². The van der Waals surface area contributed by atoms with Crippen LogP contribution in [-0.4, -0.2) is 41.3 Å². The van der Waals surface area contributed by atoms with Crippen LogP contribution in [0.15, 0.2) is 0 Å². The van der Waals surface area contributed by atoms with Crippen molar-refractivity contribution in [1.29, 1.82) is 0 Å². The van der Waals surface area contributed by atoms with E-state index in [1.54, 1.807) is 0 Å². The maximum atomic E-state index is 11.6. The van der Waals surface area contributed by atoms with Crippen LogP contribution in [0.2, 0.25) is 0 Å². The minimum atomic E-state index is -1.32. The van der Waals surface area contributed by atoms with E-state index in [0.717, 1.165) is 4.90 Å². The van der Waals surface area contributed by atoms with Gasteiger partial charge in [-0.1, -0.05) is 13.3 Å². The van der Waals surface area contributed by atoms with Gasteiger partial charge in [0.25, 0.3) is 0 Å². The SMILES string of the molecule is CCC[C@H](C(=O)[O-])N1C(=O)N[C@@H]2NC(=O)N[C@H]21. The van der Waals surface area contributed by atoms with Crippen LogP contribution in [0.25, 0.3) is 0 Å². The van der Waals surface area contributed by atoms with Gasteiger partial charge in [0.2, 0.25) is 0 Å². The number of nitrogens with one attached hydrogen (secondary N) is 3. The largest absolute Gasteiger partial charge is 0.548 e. The van der Waals surface area contributed by atoms with Gasteiger partial charge in [0.15, 0.2) is 0 Å². The monoisotopic (exact) mass is 241 g/mol. The van der Waals surface area contributed by atoms with E-state index in [4.69, 9.17) is 0 Å². The van der Waals surface area contributed by atoms with Crippen molar-refractivity contribution in [2.75, 3.05) is 0 Å². The molecule has 94 valence electrons. The molecule has 8 nitrogen and oxygen atoms in total. The van der Waals surface area contributed by atoms with Crippen molar-refractivity contribution in [1.82, 2.24) is 20.9 Å². The van der Waals surface area contributed by atoms with E-state index in [-0.39, 0.29) is 6.42 Å². The lowest BCUT2D eigenvalue weighted by Crippen LogP contribution is -2.55. The average Bonchev–Trinajstić information content (AvgIpc) is 2.70. The Hall–Kier alpha value is -1.99. The highest BCUT2D eigenvalue weighted by Gasteiger charge is 2.48. The Labute approximate surface area is 97.3 Å². The minimum Gasteiger partial charge on any atom is -0.548 e. The Morgan fingerprint density at radius 1 is 1.41 bits per heavy atom. The molecule has 0 unspecified atom stereocenters. The third kappa shape index (κ3) is 1.85. The first kappa shape index (κ1) is 11.5. The molecule has 17 heavy (non-hydrogen) atoms. The number of carbonyl (C=O) groups excluding carboxylic acids is 3. The minimum absolute atomic E-state index is 0.287. The number of fused-ring (bicyclic) bond motifs is 1. The number of carbonyl (C=O) groups is 3. The van der Waals surface area contributed by atoms with Crippen molar-refractivity contribution in [3.63, 3.8) is 0 Å². The number of hydrogen-bond donors (Lipinski definition) is 3. The quantitative estimate of drug-likeness (QED) is 0.523. The third-order valence-corrected chi connectivity index (χ3v) is 2.86. The molecule has 0 aromatic heterocycles. The zero-order chi connectivity index (χ0) is 12.6. The molecular weight excluding hydrogens is 228 g/mol.